The van der Waals surface area contributed by atoms with Crippen LogP contribution in [0, 0.1) is 4.78 Å². The molecule has 3 atom stereocenters. The van der Waals surface area contributed by atoms with Crippen LogP contribution in [-0.4, -0.2) is 46.0 Å². The first-order valence-electron chi connectivity index (χ1n) is 8.12. The Bertz CT molecular complexity index is 870. The Morgan fingerprint density at radius 1 is 1.20 bits per heavy atom. The predicted octanol–water partition coefficient (Wildman–Crippen LogP) is 2.76. The smallest absolute Gasteiger partial charge is 0.162 e. The Balaban J connectivity index is 1.78. The van der Waals surface area contributed by atoms with Crippen molar-refractivity contribution in [2.45, 2.75) is 37.2 Å². The molecule has 136 valence electrons. The highest BCUT2D eigenvalue weighted by atomic mass is 32.2. The van der Waals surface area contributed by atoms with Gasteiger partial charge >= 0.3 is 0 Å². The molecule has 3 unspecified atom stereocenters. The second-order valence-electron chi connectivity index (χ2n) is 6.32. The molecule has 1 aromatic carbocycles. The van der Waals surface area contributed by atoms with E-state index in [1.165, 1.54) is 12.6 Å². The van der Waals surface area contributed by atoms with Gasteiger partial charge in [-0.05, 0) is 25.3 Å². The van der Waals surface area contributed by atoms with E-state index in [-0.39, 0.29) is 11.4 Å². The lowest BCUT2D eigenvalue weighted by Gasteiger charge is -2.14. The van der Waals surface area contributed by atoms with E-state index in [0.717, 1.165) is 29.4 Å². The molecule has 8 heteroatoms. The lowest BCUT2D eigenvalue weighted by Crippen LogP contribution is -2.17. The number of nitrogens with one attached hydrogen (secondary N) is 1. The molecular formula is C17H23N3O4S. The summed E-state index contributed by atoms with van der Waals surface area (Å²) in [6.45, 7) is 0.342. The largest absolute Gasteiger partial charge is 0.493 e. The van der Waals surface area contributed by atoms with Gasteiger partial charge in [-0.3, -0.25) is 4.78 Å². The number of hydrogen-bond acceptors (Lipinski definition) is 7. The van der Waals surface area contributed by atoms with Gasteiger partial charge in [-0.25, -0.2) is 14.2 Å². The van der Waals surface area contributed by atoms with E-state index in [2.05, 4.69) is 9.97 Å². The summed E-state index contributed by atoms with van der Waals surface area (Å²) in [5, 5.41) is 0.776. The number of nitrogens with zero attached hydrogens (tertiary/aromatic N) is 2. The lowest BCUT2D eigenvalue weighted by atomic mass is 10.1. The molecule has 0 bridgehead atoms. The first kappa shape index (κ1) is 17.9. The van der Waals surface area contributed by atoms with Crippen LogP contribution in [0.5, 0.6) is 11.5 Å². The monoisotopic (exact) mass is 365 g/mol. The van der Waals surface area contributed by atoms with Gasteiger partial charge in [-0.1, -0.05) is 0 Å². The molecule has 1 fully saturated rings. The van der Waals surface area contributed by atoms with Crippen molar-refractivity contribution in [2.75, 3.05) is 20.5 Å². The van der Waals surface area contributed by atoms with Crippen molar-refractivity contribution >= 4 is 20.6 Å². The summed E-state index contributed by atoms with van der Waals surface area (Å²) in [7, 11) is 0.670. The van der Waals surface area contributed by atoms with Gasteiger partial charge in [0.15, 0.2) is 11.5 Å². The van der Waals surface area contributed by atoms with E-state index in [9.17, 15) is 4.21 Å². The third-order valence-electron chi connectivity index (χ3n) is 4.65. The maximum Gasteiger partial charge on any atom is 0.162 e. The molecule has 0 saturated heterocycles. The van der Waals surface area contributed by atoms with Crippen LogP contribution in [0.3, 0.4) is 0 Å². The second-order valence-corrected chi connectivity index (χ2v) is 8.79. The summed E-state index contributed by atoms with van der Waals surface area (Å²) in [6.07, 6.45) is 5.30. The number of ether oxygens (including phenoxy) is 3. The van der Waals surface area contributed by atoms with Gasteiger partial charge in [-0.15, -0.1) is 0 Å². The van der Waals surface area contributed by atoms with Crippen molar-refractivity contribution in [3.05, 3.63) is 24.2 Å². The minimum atomic E-state index is -2.51. The van der Waals surface area contributed by atoms with E-state index < -0.39 is 9.73 Å². The molecule has 1 aliphatic rings. The van der Waals surface area contributed by atoms with Crippen molar-refractivity contribution in [1.29, 1.82) is 4.78 Å². The Hall–Kier alpha value is -1.93. The van der Waals surface area contributed by atoms with Crippen LogP contribution in [-0.2, 0) is 21.1 Å². The molecule has 0 aliphatic heterocycles. The normalized spacial score (nSPS) is 22.7. The zero-order valence-electron chi connectivity index (χ0n) is 14.7. The molecule has 1 saturated carbocycles. The molecule has 0 amide bonds. The van der Waals surface area contributed by atoms with Crippen LogP contribution < -0.4 is 9.47 Å². The van der Waals surface area contributed by atoms with Gasteiger partial charge in [0.05, 0.1) is 38.1 Å². The number of methoxy groups -OCH3 is 2. The third kappa shape index (κ3) is 3.85. The lowest BCUT2D eigenvalue weighted by molar-refractivity contribution is 0.0446. The first-order chi connectivity index (χ1) is 11.9. The van der Waals surface area contributed by atoms with E-state index in [4.69, 9.17) is 19.0 Å². The van der Waals surface area contributed by atoms with Gasteiger partial charge in [-0.2, -0.15) is 0 Å². The molecule has 2 aromatic rings. The molecule has 1 heterocycles. The summed E-state index contributed by atoms with van der Waals surface area (Å²) in [6, 6.07) is 3.67. The molecule has 1 aromatic heterocycles. The predicted molar refractivity (Wildman–Crippen MR) is 95.6 cm³/mol. The minimum Gasteiger partial charge on any atom is -0.493 e. The Morgan fingerprint density at radius 2 is 1.92 bits per heavy atom. The standard InChI is InChI=1S/C17H23N3O4S/c1-22-16-7-13-14(8-17(16)23-2)19-10-20-15(13)9-24-11-4-5-12(6-11)25(3,18)21/h7-8,10-12,18H,4-6,9H2,1-3H3. The average Bonchev–Trinajstić information content (AvgIpc) is 3.08. The number of fused-ring (bicyclic) bond motifs is 1. The summed E-state index contributed by atoms with van der Waals surface area (Å²) in [5.41, 5.74) is 1.54. The fourth-order valence-corrected chi connectivity index (χ4v) is 4.38. The van der Waals surface area contributed by atoms with Gasteiger partial charge in [0.2, 0.25) is 0 Å². The second kappa shape index (κ2) is 7.13. The van der Waals surface area contributed by atoms with Crippen LogP contribution >= 0.6 is 0 Å². The van der Waals surface area contributed by atoms with Crippen molar-refractivity contribution in [3.63, 3.8) is 0 Å². The van der Waals surface area contributed by atoms with Gasteiger partial charge in [0.1, 0.15) is 6.33 Å². The zero-order chi connectivity index (χ0) is 18.0. The molecule has 7 nitrogen and oxygen atoms in total. The summed E-state index contributed by atoms with van der Waals surface area (Å²) in [4.78, 5) is 8.63. The van der Waals surface area contributed by atoms with Crippen molar-refractivity contribution < 1.29 is 18.4 Å². The maximum absolute atomic E-state index is 11.9. The quantitative estimate of drug-likeness (QED) is 0.846. The molecule has 25 heavy (non-hydrogen) atoms. The molecule has 0 spiro atoms. The van der Waals surface area contributed by atoms with Crippen LogP contribution in [0.25, 0.3) is 10.9 Å². The van der Waals surface area contributed by atoms with Crippen LogP contribution in [0.2, 0.25) is 0 Å². The highest BCUT2D eigenvalue weighted by Crippen LogP contribution is 2.33. The van der Waals surface area contributed by atoms with E-state index in [0.29, 0.717) is 24.5 Å². The first-order valence-corrected chi connectivity index (χ1v) is 10.1. The SMILES string of the molecule is COc1cc2ncnc(COC3CCC(S(C)(=N)=O)C3)c2cc1OC. The fraction of sp³-hybridized carbons (Fsp3) is 0.529. The fourth-order valence-electron chi connectivity index (χ4n) is 3.21. The van der Waals surface area contributed by atoms with Crippen molar-refractivity contribution in [3.8, 4) is 11.5 Å². The average molecular weight is 365 g/mol. The van der Waals surface area contributed by atoms with Crippen LogP contribution in [0.1, 0.15) is 25.0 Å². The zero-order valence-corrected chi connectivity index (χ0v) is 15.5. The van der Waals surface area contributed by atoms with Gasteiger partial charge < -0.3 is 14.2 Å². The van der Waals surface area contributed by atoms with Crippen molar-refractivity contribution in [1.82, 2.24) is 9.97 Å². The highest BCUT2D eigenvalue weighted by Gasteiger charge is 2.30. The molecular weight excluding hydrogens is 342 g/mol. The van der Waals surface area contributed by atoms with E-state index in [1.54, 1.807) is 14.2 Å². The highest BCUT2D eigenvalue weighted by molar-refractivity contribution is 7.92. The summed E-state index contributed by atoms with van der Waals surface area (Å²) < 4.78 is 36.3. The van der Waals surface area contributed by atoms with Gasteiger partial charge in [0, 0.05) is 32.7 Å². The molecule has 3 rings (SSSR count). The summed E-state index contributed by atoms with van der Waals surface area (Å²) in [5.74, 6) is 1.24. The number of aromatic nitrogens is 2. The Kier molecular flexibility index (Phi) is 5.10. The van der Waals surface area contributed by atoms with Crippen LogP contribution in [0.15, 0.2) is 18.5 Å². The summed E-state index contributed by atoms with van der Waals surface area (Å²) >= 11 is 0. The third-order valence-corrected chi connectivity index (χ3v) is 6.35. The number of benzene rings is 1. The van der Waals surface area contributed by atoms with Crippen molar-refractivity contribution in [2.24, 2.45) is 0 Å². The Labute approximate surface area is 147 Å². The number of rotatable bonds is 6. The molecule has 1 N–H and O–H groups in total. The Morgan fingerprint density at radius 3 is 2.56 bits per heavy atom. The molecule has 1 aliphatic carbocycles. The number of hydrogen-bond donors (Lipinski definition) is 1. The topological polar surface area (TPSA) is 94.4 Å². The van der Waals surface area contributed by atoms with Gasteiger partial charge in [0.25, 0.3) is 0 Å². The molecule has 0 radical (unpaired) electrons. The van der Waals surface area contributed by atoms with Crippen LogP contribution in [0.4, 0.5) is 0 Å². The van der Waals surface area contributed by atoms with E-state index in [1.807, 2.05) is 12.1 Å². The van der Waals surface area contributed by atoms with E-state index >= 15 is 0 Å². The maximum atomic E-state index is 11.9. The minimum absolute atomic E-state index is 0.0151.